The fraction of sp³-hybridized carbons (Fsp3) is 0.333. The van der Waals surface area contributed by atoms with E-state index < -0.39 is 17.8 Å². The van der Waals surface area contributed by atoms with E-state index in [1.54, 1.807) is 0 Å². The number of hydrogen-bond donors (Lipinski definition) is 1. The molecule has 0 aliphatic carbocycles. The summed E-state index contributed by atoms with van der Waals surface area (Å²) >= 11 is 0. The van der Waals surface area contributed by atoms with Crippen LogP contribution in [0.5, 0.6) is 11.6 Å². The predicted molar refractivity (Wildman–Crippen MR) is 50.8 cm³/mol. The Morgan fingerprint density at radius 2 is 2.18 bits per heavy atom. The van der Waals surface area contributed by atoms with E-state index in [1.807, 2.05) is 0 Å². The highest BCUT2D eigenvalue weighted by Gasteiger charge is 2.33. The smallest absolute Gasteiger partial charge is 0.481 e. The van der Waals surface area contributed by atoms with Gasteiger partial charge in [-0.2, -0.15) is 0 Å². The molecule has 0 bridgehead atoms. The van der Waals surface area contributed by atoms with Crippen molar-refractivity contribution in [3.8, 4) is 11.6 Å². The number of nitrogens with zero attached hydrogens (tertiary/aromatic N) is 1. The van der Waals surface area contributed by atoms with Gasteiger partial charge in [0.15, 0.2) is 12.0 Å². The van der Waals surface area contributed by atoms with Crippen molar-refractivity contribution in [2.24, 2.45) is 5.73 Å². The van der Waals surface area contributed by atoms with Crippen LogP contribution in [0.25, 0.3) is 0 Å². The van der Waals surface area contributed by atoms with E-state index in [2.05, 4.69) is 9.72 Å². The van der Waals surface area contributed by atoms with E-state index in [-0.39, 0.29) is 24.3 Å². The number of pyridine rings is 1. The molecule has 0 atom stereocenters. The van der Waals surface area contributed by atoms with Gasteiger partial charge in [-0.3, -0.25) is 4.79 Å². The van der Waals surface area contributed by atoms with Crippen LogP contribution < -0.4 is 15.2 Å². The van der Waals surface area contributed by atoms with Gasteiger partial charge < -0.3 is 15.2 Å². The van der Waals surface area contributed by atoms with Crippen LogP contribution in [0.4, 0.5) is 13.2 Å². The molecule has 0 spiro atoms. The highest BCUT2D eigenvalue weighted by molar-refractivity contribution is 5.77. The first-order chi connectivity index (χ1) is 7.91. The van der Waals surface area contributed by atoms with Gasteiger partial charge in [0.1, 0.15) is 5.69 Å². The molecule has 17 heavy (non-hydrogen) atoms. The number of ether oxygens (including phenoxy) is 2. The molecule has 0 unspecified atom stereocenters. The van der Waals surface area contributed by atoms with E-state index in [9.17, 15) is 18.0 Å². The second-order valence-electron chi connectivity index (χ2n) is 2.91. The molecule has 0 radical (unpaired) electrons. The summed E-state index contributed by atoms with van der Waals surface area (Å²) < 4.78 is 44.8. The number of aromatic nitrogens is 1. The topological polar surface area (TPSA) is 74.4 Å². The second kappa shape index (κ2) is 5.00. The minimum Gasteiger partial charge on any atom is -0.481 e. The van der Waals surface area contributed by atoms with E-state index in [4.69, 9.17) is 10.5 Å². The number of nitrogens with two attached hydrogens (primary N) is 1. The first kappa shape index (κ1) is 13.2. The van der Waals surface area contributed by atoms with E-state index in [0.717, 1.165) is 0 Å². The Kier molecular flexibility index (Phi) is 3.89. The molecular weight excluding hydrogens is 241 g/mol. The molecule has 5 nitrogen and oxygen atoms in total. The van der Waals surface area contributed by atoms with Crippen molar-refractivity contribution in [2.75, 3.05) is 7.11 Å². The lowest BCUT2D eigenvalue weighted by atomic mass is 10.2. The molecule has 0 amide bonds. The highest BCUT2D eigenvalue weighted by atomic mass is 19.4. The summed E-state index contributed by atoms with van der Waals surface area (Å²) in [5, 5.41) is 0. The highest BCUT2D eigenvalue weighted by Crippen LogP contribution is 2.30. The number of halogens is 3. The summed E-state index contributed by atoms with van der Waals surface area (Å²) in [5.41, 5.74) is 4.74. The van der Waals surface area contributed by atoms with Gasteiger partial charge in [-0.25, -0.2) is 4.98 Å². The molecular formula is C9H9F3N2O3. The number of carbonyl (C=O) groups excluding carboxylic acids is 1. The van der Waals surface area contributed by atoms with Crippen LogP contribution in [0.1, 0.15) is 16.1 Å². The van der Waals surface area contributed by atoms with Gasteiger partial charge in [-0.15, -0.1) is 13.2 Å². The summed E-state index contributed by atoms with van der Waals surface area (Å²) in [6, 6.07) is 1.17. The van der Waals surface area contributed by atoms with Crippen molar-refractivity contribution in [1.29, 1.82) is 0 Å². The lowest BCUT2D eigenvalue weighted by Crippen LogP contribution is -2.20. The van der Waals surface area contributed by atoms with Gasteiger partial charge in [0, 0.05) is 18.2 Å². The second-order valence-corrected chi connectivity index (χ2v) is 2.91. The molecule has 1 aromatic heterocycles. The Bertz CT molecular complexity index is 421. The van der Waals surface area contributed by atoms with Crippen molar-refractivity contribution in [1.82, 2.24) is 4.98 Å². The van der Waals surface area contributed by atoms with E-state index in [1.165, 1.54) is 13.2 Å². The number of methoxy groups -OCH3 is 1. The largest absolute Gasteiger partial charge is 0.573 e. The van der Waals surface area contributed by atoms with Crippen LogP contribution in [-0.2, 0) is 6.54 Å². The lowest BCUT2D eigenvalue weighted by molar-refractivity contribution is -0.275. The number of aldehydes is 1. The lowest BCUT2D eigenvalue weighted by Gasteiger charge is -2.14. The molecule has 0 aromatic carbocycles. The molecule has 2 N–H and O–H groups in total. The van der Waals surface area contributed by atoms with Gasteiger partial charge in [0.2, 0.25) is 5.88 Å². The molecule has 0 aliphatic rings. The Balaban J connectivity index is 3.29. The van der Waals surface area contributed by atoms with Gasteiger partial charge in [-0.1, -0.05) is 0 Å². The van der Waals surface area contributed by atoms with Crippen molar-refractivity contribution >= 4 is 6.29 Å². The summed E-state index contributed by atoms with van der Waals surface area (Å²) in [7, 11) is 1.27. The third-order valence-corrected chi connectivity index (χ3v) is 1.81. The third-order valence-electron chi connectivity index (χ3n) is 1.81. The standard InChI is InChI=1S/C9H9F3N2O3/c1-16-7-2-5(3-13)8(6(4-15)14-7)17-9(10,11)12/h2,4H,3,13H2,1H3. The van der Waals surface area contributed by atoms with Crippen molar-refractivity contribution in [3.05, 3.63) is 17.3 Å². The SMILES string of the molecule is COc1cc(CN)c(OC(F)(F)F)c(C=O)n1. The molecule has 0 saturated carbocycles. The average Bonchev–Trinajstić information content (AvgIpc) is 2.27. The van der Waals surface area contributed by atoms with Crippen LogP contribution in [0.3, 0.4) is 0 Å². The maximum Gasteiger partial charge on any atom is 0.573 e. The zero-order chi connectivity index (χ0) is 13.1. The van der Waals surface area contributed by atoms with E-state index in [0.29, 0.717) is 0 Å². The van der Waals surface area contributed by atoms with Crippen molar-refractivity contribution in [3.63, 3.8) is 0 Å². The van der Waals surface area contributed by atoms with Gasteiger partial charge in [0.05, 0.1) is 7.11 Å². The zero-order valence-electron chi connectivity index (χ0n) is 8.75. The Morgan fingerprint density at radius 3 is 2.59 bits per heavy atom. The Labute approximate surface area is 94.3 Å². The molecule has 1 heterocycles. The van der Waals surface area contributed by atoms with Crippen molar-refractivity contribution in [2.45, 2.75) is 12.9 Å². The van der Waals surface area contributed by atoms with E-state index >= 15 is 0 Å². The maximum atomic E-state index is 12.1. The minimum atomic E-state index is -4.92. The fourth-order valence-corrected chi connectivity index (χ4v) is 1.15. The molecule has 0 saturated heterocycles. The molecule has 0 aliphatic heterocycles. The van der Waals surface area contributed by atoms with Crippen LogP contribution in [0, 0.1) is 0 Å². The van der Waals surface area contributed by atoms with Crippen LogP contribution >= 0.6 is 0 Å². The van der Waals surface area contributed by atoms with Crippen LogP contribution in [-0.4, -0.2) is 24.7 Å². The minimum absolute atomic E-state index is 0.0120. The number of rotatable bonds is 4. The summed E-state index contributed by atoms with van der Waals surface area (Å²) in [5.74, 6) is -0.710. The number of alkyl halides is 3. The summed E-state index contributed by atoms with van der Waals surface area (Å²) in [4.78, 5) is 14.2. The van der Waals surface area contributed by atoms with Gasteiger partial charge in [-0.05, 0) is 0 Å². The van der Waals surface area contributed by atoms with Gasteiger partial charge >= 0.3 is 6.36 Å². The van der Waals surface area contributed by atoms with Crippen LogP contribution in [0.15, 0.2) is 6.07 Å². The zero-order valence-corrected chi connectivity index (χ0v) is 8.75. The van der Waals surface area contributed by atoms with Crippen LogP contribution in [0.2, 0.25) is 0 Å². The predicted octanol–water partition coefficient (Wildman–Crippen LogP) is 1.26. The Hall–Kier alpha value is -1.83. The fourth-order valence-electron chi connectivity index (χ4n) is 1.15. The number of carbonyl (C=O) groups is 1. The average molecular weight is 250 g/mol. The monoisotopic (exact) mass is 250 g/mol. The Morgan fingerprint density at radius 1 is 1.53 bits per heavy atom. The molecule has 1 rings (SSSR count). The van der Waals surface area contributed by atoms with Gasteiger partial charge in [0.25, 0.3) is 0 Å². The molecule has 0 fully saturated rings. The normalized spacial score (nSPS) is 11.1. The number of hydrogen-bond acceptors (Lipinski definition) is 5. The quantitative estimate of drug-likeness (QED) is 0.814. The first-order valence-corrected chi connectivity index (χ1v) is 4.40. The third kappa shape index (κ3) is 3.31. The molecule has 1 aromatic rings. The first-order valence-electron chi connectivity index (χ1n) is 4.40. The maximum absolute atomic E-state index is 12.1. The molecule has 94 valence electrons. The summed E-state index contributed by atoms with van der Waals surface area (Å²) in [6.45, 7) is -0.245. The van der Waals surface area contributed by atoms with Crippen molar-refractivity contribution < 1.29 is 27.4 Å². The molecule has 8 heteroatoms. The summed E-state index contributed by atoms with van der Waals surface area (Å²) in [6.07, 6.45) is -4.78.